The predicted octanol–water partition coefficient (Wildman–Crippen LogP) is 0.0830. The third kappa shape index (κ3) is 2.56. The third-order valence-corrected chi connectivity index (χ3v) is 4.72. The Morgan fingerprint density at radius 3 is 2.71 bits per heavy atom. The molecule has 130 valence electrons. The van der Waals surface area contributed by atoms with Gasteiger partial charge in [-0.3, -0.25) is 9.59 Å². The van der Waals surface area contributed by atoms with Crippen molar-refractivity contribution < 1.29 is 9.59 Å². The Bertz CT molecular complexity index is 760. The number of carbonyl (C=O) groups is 2. The molecule has 2 atom stereocenters. The van der Waals surface area contributed by atoms with Crippen LogP contribution in [0.2, 0.25) is 0 Å². The fraction of sp³-hybridized carbons (Fsp3) is 0.562. The molecule has 3 rings (SSSR count). The molecule has 2 amide bonds. The Morgan fingerprint density at radius 2 is 2.04 bits per heavy atom. The molecular weight excluding hydrogens is 308 g/mol. The average molecular weight is 332 g/mol. The van der Waals surface area contributed by atoms with E-state index in [1.807, 2.05) is 31.7 Å². The number of likely N-dealkylation sites (tertiary alicyclic amines) is 1. The Kier molecular flexibility index (Phi) is 4.31. The van der Waals surface area contributed by atoms with Crippen molar-refractivity contribution in [2.75, 3.05) is 19.6 Å². The van der Waals surface area contributed by atoms with Gasteiger partial charge in [-0.2, -0.15) is 5.10 Å². The summed E-state index contributed by atoms with van der Waals surface area (Å²) in [6.07, 6.45) is 5.69. The summed E-state index contributed by atoms with van der Waals surface area (Å²) < 4.78 is 3.50. The van der Waals surface area contributed by atoms with Gasteiger partial charge in [0.05, 0.1) is 6.20 Å². The van der Waals surface area contributed by atoms with Gasteiger partial charge in [0.1, 0.15) is 17.3 Å². The number of likely N-dealkylation sites (N-methyl/N-ethyl adjacent to an activating group) is 1. The maximum atomic E-state index is 13.1. The van der Waals surface area contributed by atoms with Crippen LogP contribution in [-0.2, 0) is 11.8 Å². The molecule has 0 aromatic carbocycles. The quantitative estimate of drug-likeness (QED) is 0.859. The number of rotatable bonds is 4. The number of nitrogens with two attached hydrogens (primary N) is 1. The lowest BCUT2D eigenvalue weighted by Gasteiger charge is -2.28. The fourth-order valence-electron chi connectivity index (χ4n) is 3.43. The first-order valence-corrected chi connectivity index (χ1v) is 8.31. The number of hydrogen-bond acceptors (Lipinski definition) is 4. The molecule has 0 bridgehead atoms. The van der Waals surface area contributed by atoms with Crippen LogP contribution in [0.15, 0.2) is 18.6 Å². The highest BCUT2D eigenvalue weighted by molar-refractivity contribution is 6.02. The van der Waals surface area contributed by atoms with Gasteiger partial charge in [0, 0.05) is 45.1 Å². The Labute approximate surface area is 140 Å². The summed E-state index contributed by atoms with van der Waals surface area (Å²) in [4.78, 5) is 29.2. The van der Waals surface area contributed by atoms with Gasteiger partial charge >= 0.3 is 0 Å². The van der Waals surface area contributed by atoms with Crippen molar-refractivity contribution in [2.24, 2.45) is 12.8 Å². The van der Waals surface area contributed by atoms with Crippen LogP contribution in [0.1, 0.15) is 30.6 Å². The molecule has 3 heterocycles. The summed E-state index contributed by atoms with van der Waals surface area (Å²) in [6.45, 7) is 5.51. The molecule has 0 spiro atoms. The van der Waals surface area contributed by atoms with Crippen molar-refractivity contribution in [3.63, 3.8) is 0 Å². The number of imidazole rings is 1. The Hall–Kier alpha value is -2.35. The van der Waals surface area contributed by atoms with Gasteiger partial charge in [-0.15, -0.1) is 0 Å². The number of amides is 2. The second-order valence-corrected chi connectivity index (χ2v) is 6.22. The molecule has 2 aromatic heterocycles. The molecule has 0 radical (unpaired) electrons. The third-order valence-electron chi connectivity index (χ3n) is 4.72. The van der Waals surface area contributed by atoms with Crippen LogP contribution in [0.3, 0.4) is 0 Å². The first kappa shape index (κ1) is 16.5. The molecule has 0 saturated carbocycles. The SMILES string of the molecule is CCN(CC)C(=O)[C@@H]1C[C@H](N)CN1C(=O)c1cnn2ccn(C)c12. The molecule has 2 aromatic rings. The van der Waals surface area contributed by atoms with E-state index in [0.29, 0.717) is 31.6 Å². The smallest absolute Gasteiger partial charge is 0.260 e. The zero-order chi connectivity index (χ0) is 17.4. The molecule has 1 saturated heterocycles. The lowest BCUT2D eigenvalue weighted by atomic mass is 10.1. The molecule has 1 fully saturated rings. The number of aromatic nitrogens is 3. The van der Waals surface area contributed by atoms with E-state index in [9.17, 15) is 9.59 Å². The van der Waals surface area contributed by atoms with E-state index in [4.69, 9.17) is 5.73 Å². The van der Waals surface area contributed by atoms with Crippen molar-refractivity contribution in [1.29, 1.82) is 0 Å². The summed E-state index contributed by atoms with van der Waals surface area (Å²) in [5.41, 5.74) is 7.27. The largest absolute Gasteiger partial charge is 0.341 e. The van der Waals surface area contributed by atoms with Crippen molar-refractivity contribution in [2.45, 2.75) is 32.4 Å². The van der Waals surface area contributed by atoms with E-state index < -0.39 is 6.04 Å². The van der Waals surface area contributed by atoms with Crippen LogP contribution in [0.4, 0.5) is 0 Å². The highest BCUT2D eigenvalue weighted by Gasteiger charge is 2.40. The molecule has 0 aliphatic carbocycles. The zero-order valence-corrected chi connectivity index (χ0v) is 14.3. The highest BCUT2D eigenvalue weighted by Crippen LogP contribution is 2.23. The Balaban J connectivity index is 1.92. The minimum Gasteiger partial charge on any atom is -0.341 e. The fourth-order valence-corrected chi connectivity index (χ4v) is 3.43. The van der Waals surface area contributed by atoms with E-state index >= 15 is 0 Å². The van der Waals surface area contributed by atoms with Crippen LogP contribution in [-0.4, -0.2) is 67.5 Å². The first-order chi connectivity index (χ1) is 11.5. The molecule has 8 heteroatoms. The molecule has 0 unspecified atom stereocenters. The number of nitrogens with zero attached hydrogens (tertiary/aromatic N) is 5. The standard InChI is InChI=1S/C16H24N6O2/c1-4-20(5-2)16(24)13-8-11(17)10-21(13)15(23)12-9-18-22-7-6-19(3)14(12)22/h6-7,9,11,13H,4-5,8,10,17H2,1-3H3/t11-,13-/m0/s1. The molecule has 2 N–H and O–H groups in total. The molecule has 24 heavy (non-hydrogen) atoms. The van der Waals surface area contributed by atoms with Gasteiger partial charge < -0.3 is 20.1 Å². The lowest BCUT2D eigenvalue weighted by molar-refractivity contribution is -0.134. The molecule has 8 nitrogen and oxygen atoms in total. The van der Waals surface area contributed by atoms with Crippen LogP contribution < -0.4 is 5.73 Å². The predicted molar refractivity (Wildman–Crippen MR) is 89.5 cm³/mol. The average Bonchev–Trinajstić information content (AvgIpc) is 3.24. The van der Waals surface area contributed by atoms with E-state index in [2.05, 4.69) is 5.10 Å². The van der Waals surface area contributed by atoms with Gasteiger partial charge in [0.15, 0.2) is 0 Å². The topological polar surface area (TPSA) is 88.9 Å². The van der Waals surface area contributed by atoms with Gasteiger partial charge in [0.25, 0.3) is 5.91 Å². The number of carbonyl (C=O) groups excluding carboxylic acids is 2. The summed E-state index contributed by atoms with van der Waals surface area (Å²) in [5, 5.41) is 4.21. The van der Waals surface area contributed by atoms with Crippen molar-refractivity contribution in [3.05, 3.63) is 24.2 Å². The lowest BCUT2D eigenvalue weighted by Crippen LogP contribution is -2.47. The summed E-state index contributed by atoms with van der Waals surface area (Å²) in [5.74, 6) is -0.221. The summed E-state index contributed by atoms with van der Waals surface area (Å²) in [7, 11) is 1.86. The Morgan fingerprint density at radius 1 is 1.33 bits per heavy atom. The monoisotopic (exact) mass is 332 g/mol. The van der Waals surface area contributed by atoms with Crippen LogP contribution >= 0.6 is 0 Å². The number of hydrogen-bond donors (Lipinski definition) is 1. The van der Waals surface area contributed by atoms with E-state index in [1.165, 1.54) is 0 Å². The van der Waals surface area contributed by atoms with Gasteiger partial charge in [0.2, 0.25) is 5.91 Å². The van der Waals surface area contributed by atoms with Crippen molar-refractivity contribution in [3.8, 4) is 0 Å². The van der Waals surface area contributed by atoms with Gasteiger partial charge in [-0.1, -0.05) is 0 Å². The second kappa shape index (κ2) is 6.27. The number of fused-ring (bicyclic) bond motifs is 1. The summed E-state index contributed by atoms with van der Waals surface area (Å²) in [6, 6.07) is -0.680. The van der Waals surface area contributed by atoms with Gasteiger partial charge in [-0.05, 0) is 20.3 Å². The molecular formula is C16H24N6O2. The normalized spacial score (nSPS) is 20.8. The van der Waals surface area contributed by atoms with Crippen LogP contribution in [0.5, 0.6) is 0 Å². The first-order valence-electron chi connectivity index (χ1n) is 8.31. The second-order valence-electron chi connectivity index (χ2n) is 6.22. The van der Waals surface area contributed by atoms with E-state index in [1.54, 1.807) is 26.7 Å². The van der Waals surface area contributed by atoms with Crippen LogP contribution in [0, 0.1) is 0 Å². The van der Waals surface area contributed by atoms with Gasteiger partial charge in [-0.25, -0.2) is 4.52 Å². The maximum absolute atomic E-state index is 13.1. The minimum atomic E-state index is -0.498. The van der Waals surface area contributed by atoms with Crippen LogP contribution in [0.25, 0.3) is 5.65 Å². The zero-order valence-electron chi connectivity index (χ0n) is 14.3. The van der Waals surface area contributed by atoms with Crippen molar-refractivity contribution >= 4 is 17.5 Å². The number of aryl methyl sites for hydroxylation is 1. The van der Waals surface area contributed by atoms with Crippen molar-refractivity contribution in [1.82, 2.24) is 24.0 Å². The summed E-state index contributed by atoms with van der Waals surface area (Å²) >= 11 is 0. The maximum Gasteiger partial charge on any atom is 0.260 e. The van der Waals surface area contributed by atoms with E-state index in [-0.39, 0.29) is 17.9 Å². The minimum absolute atomic E-state index is 0.0309. The van der Waals surface area contributed by atoms with E-state index in [0.717, 1.165) is 5.65 Å². The highest BCUT2D eigenvalue weighted by atomic mass is 16.2. The molecule has 1 aliphatic heterocycles. The molecule has 1 aliphatic rings.